The number of nitrogens with zero attached hydrogens (tertiary/aromatic N) is 3. The summed E-state index contributed by atoms with van der Waals surface area (Å²) >= 11 is 1.88. The Labute approximate surface area is 256 Å². The molecule has 0 N–H and O–H groups in total. The van der Waals surface area contributed by atoms with Gasteiger partial charge in [0.15, 0.2) is 0 Å². The number of para-hydroxylation sites is 2. The van der Waals surface area contributed by atoms with Gasteiger partial charge in [-0.2, -0.15) is 0 Å². The van der Waals surface area contributed by atoms with Gasteiger partial charge >= 0.3 is 0 Å². The molecule has 0 radical (unpaired) electrons. The van der Waals surface area contributed by atoms with E-state index in [1.165, 1.54) is 52.5 Å². The van der Waals surface area contributed by atoms with Gasteiger partial charge in [-0.1, -0.05) is 121 Å². The molecule has 0 spiro atoms. The molecule has 0 aliphatic heterocycles. The number of benzene rings is 7. The third-order valence-corrected chi connectivity index (χ3v) is 10.2. The summed E-state index contributed by atoms with van der Waals surface area (Å²) in [5.74, 6) is 0.682. The predicted molar refractivity (Wildman–Crippen MR) is 187 cm³/mol. The largest absolute Gasteiger partial charge is 0.277 e. The SMILES string of the molecule is c1ccc(-c2nc(-n3c4ccccc4c4ccc5c6ccc7c8ccccc8sc7c6ccc5c43)nc3ccccc23)cc1. The first-order valence-corrected chi connectivity index (χ1v) is 15.7. The van der Waals surface area contributed by atoms with Gasteiger partial charge in [0.25, 0.3) is 0 Å². The van der Waals surface area contributed by atoms with Crippen LogP contribution < -0.4 is 0 Å². The van der Waals surface area contributed by atoms with Crippen molar-refractivity contribution in [1.29, 1.82) is 0 Å². The number of hydrogen-bond donors (Lipinski definition) is 0. The highest BCUT2D eigenvalue weighted by molar-refractivity contribution is 7.26. The van der Waals surface area contributed by atoms with Crippen LogP contribution in [0.5, 0.6) is 0 Å². The van der Waals surface area contributed by atoms with Gasteiger partial charge in [-0.05, 0) is 29.0 Å². The van der Waals surface area contributed by atoms with E-state index in [0.29, 0.717) is 5.95 Å². The van der Waals surface area contributed by atoms with Crippen molar-refractivity contribution in [3.05, 3.63) is 140 Å². The van der Waals surface area contributed by atoms with Crippen LogP contribution in [0.1, 0.15) is 0 Å². The van der Waals surface area contributed by atoms with E-state index in [1.54, 1.807) is 0 Å². The molecule has 0 bridgehead atoms. The van der Waals surface area contributed by atoms with Crippen molar-refractivity contribution in [3.63, 3.8) is 0 Å². The molecule has 7 aromatic carbocycles. The van der Waals surface area contributed by atoms with Crippen LogP contribution in [0.25, 0.3) is 91.6 Å². The van der Waals surface area contributed by atoms with Crippen molar-refractivity contribution in [2.24, 2.45) is 0 Å². The van der Waals surface area contributed by atoms with Crippen molar-refractivity contribution < 1.29 is 0 Å². The van der Waals surface area contributed by atoms with Crippen LogP contribution in [0.2, 0.25) is 0 Å². The Morgan fingerprint density at radius 2 is 1.02 bits per heavy atom. The molecule has 0 atom stereocenters. The van der Waals surface area contributed by atoms with E-state index in [1.807, 2.05) is 17.4 Å². The van der Waals surface area contributed by atoms with Crippen molar-refractivity contribution in [2.75, 3.05) is 0 Å². The third-order valence-electron chi connectivity index (χ3n) is 9.01. The van der Waals surface area contributed by atoms with Crippen LogP contribution in [0.15, 0.2) is 140 Å². The predicted octanol–water partition coefficient (Wildman–Crippen LogP) is 11.1. The van der Waals surface area contributed by atoms with Gasteiger partial charge in [0, 0.05) is 52.7 Å². The van der Waals surface area contributed by atoms with Crippen LogP contribution in [0, 0.1) is 0 Å². The van der Waals surface area contributed by atoms with Crippen molar-refractivity contribution in [1.82, 2.24) is 14.5 Å². The minimum atomic E-state index is 0.682. The van der Waals surface area contributed by atoms with Gasteiger partial charge < -0.3 is 0 Å². The normalized spacial score (nSPS) is 12.1. The molecule has 3 heterocycles. The standard InChI is InChI=1S/C40H23N3S/c1-2-10-24(11-3-1)37-33-14-4-7-15-34(33)41-40(42-37)43-35-16-8-5-12-27(35)30-20-18-25-26-19-22-32-28-13-6-9-17-36(28)44-39(32)31(26)23-21-29(25)38(30)43/h1-23H. The number of hydrogen-bond acceptors (Lipinski definition) is 3. The molecule has 10 aromatic rings. The van der Waals surface area contributed by atoms with E-state index in [9.17, 15) is 0 Å². The van der Waals surface area contributed by atoms with E-state index in [2.05, 4.69) is 138 Å². The number of thiophene rings is 1. The molecule has 204 valence electrons. The fraction of sp³-hybridized carbons (Fsp3) is 0. The van der Waals surface area contributed by atoms with Gasteiger partial charge in [-0.15, -0.1) is 11.3 Å². The quantitative estimate of drug-likeness (QED) is 0.191. The monoisotopic (exact) mass is 577 g/mol. The Kier molecular flexibility index (Phi) is 4.87. The second kappa shape index (κ2) is 8.96. The van der Waals surface area contributed by atoms with Gasteiger partial charge in [-0.3, -0.25) is 4.57 Å². The van der Waals surface area contributed by atoms with E-state index in [0.717, 1.165) is 33.2 Å². The van der Waals surface area contributed by atoms with Crippen LogP contribution >= 0.6 is 11.3 Å². The minimum absolute atomic E-state index is 0.682. The Balaban J connectivity index is 1.34. The summed E-state index contributed by atoms with van der Waals surface area (Å²) < 4.78 is 4.94. The molecule has 0 fully saturated rings. The Bertz CT molecular complexity index is 2770. The molecule has 0 saturated heterocycles. The van der Waals surface area contributed by atoms with Crippen LogP contribution in [-0.4, -0.2) is 14.5 Å². The van der Waals surface area contributed by atoms with E-state index in [-0.39, 0.29) is 0 Å². The summed E-state index contributed by atoms with van der Waals surface area (Å²) in [7, 11) is 0. The Morgan fingerprint density at radius 3 is 1.86 bits per heavy atom. The molecule has 44 heavy (non-hydrogen) atoms. The fourth-order valence-corrected chi connectivity index (χ4v) is 8.28. The van der Waals surface area contributed by atoms with Gasteiger partial charge in [0.2, 0.25) is 5.95 Å². The van der Waals surface area contributed by atoms with E-state index in [4.69, 9.17) is 9.97 Å². The smallest absolute Gasteiger partial charge is 0.235 e. The minimum Gasteiger partial charge on any atom is -0.277 e. The lowest BCUT2D eigenvalue weighted by molar-refractivity contribution is 1.02. The van der Waals surface area contributed by atoms with Crippen molar-refractivity contribution in [2.45, 2.75) is 0 Å². The topological polar surface area (TPSA) is 30.7 Å². The summed E-state index contributed by atoms with van der Waals surface area (Å²) in [5, 5.41) is 11.1. The molecule has 0 unspecified atom stereocenters. The first kappa shape index (κ1) is 23.9. The lowest BCUT2D eigenvalue weighted by Crippen LogP contribution is -2.03. The summed E-state index contributed by atoms with van der Waals surface area (Å²) in [6.45, 7) is 0. The van der Waals surface area contributed by atoms with Crippen LogP contribution in [0.3, 0.4) is 0 Å². The van der Waals surface area contributed by atoms with Crippen molar-refractivity contribution in [3.8, 4) is 17.2 Å². The van der Waals surface area contributed by atoms with Gasteiger partial charge in [0.1, 0.15) is 0 Å². The third kappa shape index (κ3) is 3.26. The Hall–Kier alpha value is -5.58. The molecule has 0 saturated carbocycles. The zero-order valence-electron chi connectivity index (χ0n) is 23.5. The Morgan fingerprint density at radius 1 is 0.432 bits per heavy atom. The zero-order valence-corrected chi connectivity index (χ0v) is 24.3. The maximum atomic E-state index is 5.30. The van der Waals surface area contributed by atoms with Crippen molar-refractivity contribution >= 4 is 85.8 Å². The zero-order chi connectivity index (χ0) is 28.8. The van der Waals surface area contributed by atoms with Gasteiger partial charge in [-0.25, -0.2) is 9.97 Å². The molecule has 3 nitrogen and oxygen atoms in total. The fourth-order valence-electron chi connectivity index (χ4n) is 7.05. The summed E-state index contributed by atoms with van der Waals surface area (Å²) in [4.78, 5) is 10.5. The maximum Gasteiger partial charge on any atom is 0.235 e. The number of aromatic nitrogens is 3. The lowest BCUT2D eigenvalue weighted by atomic mass is 9.98. The molecule has 0 aliphatic rings. The van der Waals surface area contributed by atoms with E-state index >= 15 is 0 Å². The molecule has 0 amide bonds. The van der Waals surface area contributed by atoms with Crippen LogP contribution in [0.4, 0.5) is 0 Å². The molecule has 10 rings (SSSR count). The average Bonchev–Trinajstić information content (AvgIpc) is 3.64. The number of rotatable bonds is 2. The first-order chi connectivity index (χ1) is 21.8. The van der Waals surface area contributed by atoms with E-state index < -0.39 is 0 Å². The molecule has 3 aromatic heterocycles. The molecule has 4 heteroatoms. The first-order valence-electron chi connectivity index (χ1n) is 14.8. The second-order valence-corrected chi connectivity index (χ2v) is 12.4. The molecule has 0 aliphatic carbocycles. The highest BCUT2D eigenvalue weighted by atomic mass is 32.1. The highest BCUT2D eigenvalue weighted by Gasteiger charge is 2.20. The summed E-state index contributed by atoms with van der Waals surface area (Å²) in [6, 6.07) is 49.9. The lowest BCUT2D eigenvalue weighted by Gasteiger charge is -2.13. The molecular formula is C40H23N3S. The second-order valence-electron chi connectivity index (χ2n) is 11.4. The molecular weight excluding hydrogens is 555 g/mol. The highest BCUT2D eigenvalue weighted by Crippen LogP contribution is 2.43. The summed E-state index contributed by atoms with van der Waals surface area (Å²) in [5.41, 5.74) is 5.19. The number of fused-ring (bicyclic) bond motifs is 12. The summed E-state index contributed by atoms with van der Waals surface area (Å²) in [6.07, 6.45) is 0. The average molecular weight is 578 g/mol. The van der Waals surface area contributed by atoms with Gasteiger partial charge in [0.05, 0.1) is 22.2 Å². The maximum absolute atomic E-state index is 5.30. The van der Waals surface area contributed by atoms with Crippen LogP contribution in [-0.2, 0) is 0 Å².